The Kier molecular flexibility index (Phi) is 6.17. The number of carboxylic acid groups (broad SMARTS) is 1. The van der Waals surface area contributed by atoms with Crippen LogP contribution in [-0.4, -0.2) is 36.6 Å². The van der Waals surface area contributed by atoms with E-state index in [0.717, 1.165) is 12.0 Å². The number of carbonyl (C=O) groups excluding carboxylic acids is 1. The molecule has 0 atom stereocenters. The maximum Gasteiger partial charge on any atom is 0.336 e. The van der Waals surface area contributed by atoms with E-state index >= 15 is 0 Å². The van der Waals surface area contributed by atoms with E-state index in [-0.39, 0.29) is 17.2 Å². The van der Waals surface area contributed by atoms with Gasteiger partial charge >= 0.3 is 5.97 Å². The quantitative estimate of drug-likeness (QED) is 0.423. The summed E-state index contributed by atoms with van der Waals surface area (Å²) in [5, 5.41) is 13.9. The van der Waals surface area contributed by atoms with Crippen molar-refractivity contribution in [3.05, 3.63) is 101 Å². The van der Waals surface area contributed by atoms with Crippen LogP contribution in [0, 0.1) is 0 Å². The van der Waals surface area contributed by atoms with Crippen molar-refractivity contribution in [1.29, 1.82) is 0 Å². The summed E-state index contributed by atoms with van der Waals surface area (Å²) in [6, 6.07) is 19.5. The number of rotatable bonds is 8. The minimum Gasteiger partial charge on any atom is -0.478 e. The molecule has 0 fully saturated rings. The second-order valence-electron chi connectivity index (χ2n) is 7.35. The third-order valence-electron chi connectivity index (χ3n) is 5.04. The fourth-order valence-electron chi connectivity index (χ4n) is 3.47. The lowest BCUT2D eigenvalue weighted by Crippen LogP contribution is -2.07. The molecule has 0 bridgehead atoms. The number of pyridine rings is 1. The SMILES string of the molecule is CCCn1nc(C(=O)c2ccccc2)nc1Cc1ccc(-c2ccccc2C(=O)O)nc1. The van der Waals surface area contributed by atoms with Gasteiger partial charge in [-0.25, -0.2) is 14.5 Å². The first kappa shape index (κ1) is 21.1. The summed E-state index contributed by atoms with van der Waals surface area (Å²) in [5.41, 5.74) is 2.80. The second-order valence-corrected chi connectivity index (χ2v) is 7.35. The van der Waals surface area contributed by atoms with Gasteiger partial charge in [0.1, 0.15) is 5.82 Å². The molecular weight excluding hydrogens is 404 g/mol. The van der Waals surface area contributed by atoms with Gasteiger partial charge < -0.3 is 5.11 Å². The van der Waals surface area contributed by atoms with Crippen molar-refractivity contribution in [2.75, 3.05) is 0 Å². The lowest BCUT2D eigenvalue weighted by molar-refractivity contribution is 0.0697. The molecule has 0 amide bonds. The highest BCUT2D eigenvalue weighted by Gasteiger charge is 2.18. The molecule has 0 radical (unpaired) electrons. The maximum absolute atomic E-state index is 12.8. The van der Waals surface area contributed by atoms with Crippen molar-refractivity contribution >= 4 is 11.8 Å². The number of aromatic nitrogens is 4. The minimum atomic E-state index is -0.991. The molecule has 4 aromatic rings. The highest BCUT2D eigenvalue weighted by atomic mass is 16.4. The Balaban J connectivity index is 1.60. The van der Waals surface area contributed by atoms with E-state index in [1.807, 2.05) is 31.2 Å². The first-order valence-corrected chi connectivity index (χ1v) is 10.4. The fraction of sp³-hybridized carbons (Fsp3) is 0.160. The second kappa shape index (κ2) is 9.34. The van der Waals surface area contributed by atoms with E-state index in [0.29, 0.717) is 35.6 Å². The van der Waals surface area contributed by atoms with Crippen molar-refractivity contribution < 1.29 is 14.7 Å². The topological polar surface area (TPSA) is 98.0 Å². The lowest BCUT2D eigenvalue weighted by Gasteiger charge is -2.07. The van der Waals surface area contributed by atoms with E-state index < -0.39 is 5.97 Å². The van der Waals surface area contributed by atoms with E-state index in [1.165, 1.54) is 0 Å². The zero-order chi connectivity index (χ0) is 22.5. The van der Waals surface area contributed by atoms with E-state index in [4.69, 9.17) is 0 Å². The molecule has 0 aliphatic rings. The molecule has 4 rings (SSSR count). The molecule has 160 valence electrons. The van der Waals surface area contributed by atoms with E-state index in [2.05, 4.69) is 15.1 Å². The predicted molar refractivity (Wildman–Crippen MR) is 120 cm³/mol. The molecule has 2 heterocycles. The van der Waals surface area contributed by atoms with Gasteiger partial charge in [0.15, 0.2) is 0 Å². The van der Waals surface area contributed by atoms with E-state index in [1.54, 1.807) is 53.3 Å². The summed E-state index contributed by atoms with van der Waals surface area (Å²) in [7, 11) is 0. The van der Waals surface area contributed by atoms with Crippen LogP contribution < -0.4 is 0 Å². The number of aromatic carboxylic acids is 1. The van der Waals surface area contributed by atoms with Gasteiger partial charge in [0.25, 0.3) is 0 Å². The van der Waals surface area contributed by atoms with Crippen LogP contribution in [0.3, 0.4) is 0 Å². The molecule has 7 nitrogen and oxygen atoms in total. The molecule has 7 heteroatoms. The Morgan fingerprint density at radius 1 is 0.969 bits per heavy atom. The Labute approximate surface area is 185 Å². The van der Waals surface area contributed by atoms with Crippen molar-refractivity contribution in [2.24, 2.45) is 0 Å². The molecule has 0 saturated heterocycles. The van der Waals surface area contributed by atoms with Gasteiger partial charge in [-0.15, -0.1) is 5.10 Å². The van der Waals surface area contributed by atoms with E-state index in [9.17, 15) is 14.7 Å². The zero-order valence-electron chi connectivity index (χ0n) is 17.6. The number of benzene rings is 2. The first-order chi connectivity index (χ1) is 15.6. The van der Waals surface area contributed by atoms with Crippen molar-refractivity contribution in [2.45, 2.75) is 26.3 Å². The first-order valence-electron chi connectivity index (χ1n) is 10.4. The molecule has 0 aliphatic heterocycles. The molecule has 0 unspecified atom stereocenters. The number of carbonyl (C=O) groups is 2. The summed E-state index contributed by atoms with van der Waals surface area (Å²) in [5.74, 6) is -0.332. The predicted octanol–water partition coefficient (Wildman–Crippen LogP) is 4.27. The zero-order valence-corrected chi connectivity index (χ0v) is 17.6. The molecule has 1 N–H and O–H groups in total. The third-order valence-corrected chi connectivity index (χ3v) is 5.04. The fourth-order valence-corrected chi connectivity index (χ4v) is 3.47. The standard InChI is InChI=1S/C25H22N4O3/c1-2-14-29-22(27-24(28-29)23(30)18-8-4-3-5-9-18)15-17-12-13-21(26-16-17)19-10-6-7-11-20(19)25(31)32/h3-13,16H,2,14-15H2,1H3,(H,31,32). The van der Waals surface area contributed by atoms with Crippen LogP contribution in [-0.2, 0) is 13.0 Å². The van der Waals surface area contributed by atoms with Crippen LogP contribution in [0.2, 0.25) is 0 Å². The van der Waals surface area contributed by atoms with Gasteiger partial charge in [0, 0.05) is 30.3 Å². The summed E-state index contributed by atoms with van der Waals surface area (Å²) in [6.07, 6.45) is 3.03. The summed E-state index contributed by atoms with van der Waals surface area (Å²) in [4.78, 5) is 33.2. The molecular formula is C25H22N4O3. The lowest BCUT2D eigenvalue weighted by atomic mass is 10.0. The van der Waals surface area contributed by atoms with Gasteiger partial charge in [-0.3, -0.25) is 9.78 Å². The molecule has 32 heavy (non-hydrogen) atoms. The summed E-state index contributed by atoms with van der Waals surface area (Å²) in [6.45, 7) is 2.70. The summed E-state index contributed by atoms with van der Waals surface area (Å²) >= 11 is 0. The van der Waals surface area contributed by atoms with Crippen molar-refractivity contribution in [3.8, 4) is 11.3 Å². The molecule has 2 aromatic heterocycles. The van der Waals surface area contributed by atoms with Gasteiger partial charge in [0.05, 0.1) is 11.3 Å². The Hall–Kier alpha value is -4.13. The Bertz CT molecular complexity index is 1250. The highest BCUT2D eigenvalue weighted by molar-refractivity contribution is 6.06. The highest BCUT2D eigenvalue weighted by Crippen LogP contribution is 2.22. The normalized spacial score (nSPS) is 10.8. The van der Waals surface area contributed by atoms with Crippen LogP contribution in [0.15, 0.2) is 72.9 Å². The minimum absolute atomic E-state index is 0.180. The number of ketones is 1. The van der Waals surface area contributed by atoms with Gasteiger partial charge in [-0.2, -0.15) is 0 Å². The molecule has 2 aromatic carbocycles. The maximum atomic E-state index is 12.8. The average molecular weight is 426 g/mol. The van der Waals surface area contributed by atoms with Gasteiger partial charge in [-0.05, 0) is 24.1 Å². The largest absolute Gasteiger partial charge is 0.478 e. The number of hydrogen-bond acceptors (Lipinski definition) is 5. The van der Waals surface area contributed by atoms with Gasteiger partial charge in [0.2, 0.25) is 11.6 Å². The number of nitrogens with zero attached hydrogens (tertiary/aromatic N) is 4. The smallest absolute Gasteiger partial charge is 0.336 e. The van der Waals surface area contributed by atoms with Crippen molar-refractivity contribution in [1.82, 2.24) is 19.7 Å². The average Bonchev–Trinajstić information content (AvgIpc) is 3.22. The van der Waals surface area contributed by atoms with Crippen LogP contribution in [0.25, 0.3) is 11.3 Å². The molecule has 0 saturated carbocycles. The number of hydrogen-bond donors (Lipinski definition) is 1. The summed E-state index contributed by atoms with van der Waals surface area (Å²) < 4.78 is 1.77. The number of carboxylic acids is 1. The monoisotopic (exact) mass is 426 g/mol. The van der Waals surface area contributed by atoms with Crippen LogP contribution in [0.1, 0.15) is 51.3 Å². The van der Waals surface area contributed by atoms with Gasteiger partial charge in [-0.1, -0.05) is 61.5 Å². The van der Waals surface area contributed by atoms with Crippen LogP contribution in [0.5, 0.6) is 0 Å². The molecule has 0 spiro atoms. The third kappa shape index (κ3) is 4.46. The Morgan fingerprint density at radius 2 is 1.72 bits per heavy atom. The van der Waals surface area contributed by atoms with Crippen molar-refractivity contribution in [3.63, 3.8) is 0 Å². The molecule has 0 aliphatic carbocycles. The Morgan fingerprint density at radius 3 is 2.41 bits per heavy atom. The van der Waals surface area contributed by atoms with Crippen LogP contribution >= 0.6 is 0 Å². The van der Waals surface area contributed by atoms with Crippen LogP contribution in [0.4, 0.5) is 0 Å². The number of aryl methyl sites for hydroxylation is 1.